The van der Waals surface area contributed by atoms with Crippen LogP contribution in [0.15, 0.2) is 121 Å². The zero-order valence-electron chi connectivity index (χ0n) is 34.0. The van der Waals surface area contributed by atoms with E-state index in [1.807, 2.05) is 24.4 Å². The monoisotopic (exact) mass is 930 g/mol. The number of benzene rings is 5. The van der Waals surface area contributed by atoms with Crippen molar-refractivity contribution in [2.24, 2.45) is 5.92 Å². The minimum Gasteiger partial charge on any atom is -0.333 e. The topological polar surface area (TPSA) is 30.7 Å². The van der Waals surface area contributed by atoms with Crippen molar-refractivity contribution >= 4 is 32.5 Å². The SMILES string of the molecule is CC(C)Cc1cc(-c2[c-]cccc2)ncc1C(C)(C)C.Cc1cc(-n2c(-c3[c-]sc4ccc(C(C)C)cc34)nc3ccccc32)cc(C)c1-c1ccccc1.[Ir]. The maximum Gasteiger partial charge on any atom is 0.0774 e. The van der Waals surface area contributed by atoms with E-state index in [1.165, 1.54) is 49.0 Å². The van der Waals surface area contributed by atoms with E-state index < -0.39 is 0 Å². The van der Waals surface area contributed by atoms with Gasteiger partial charge in [-0.1, -0.05) is 130 Å². The Morgan fingerprint density at radius 1 is 0.786 bits per heavy atom. The summed E-state index contributed by atoms with van der Waals surface area (Å²) in [6.45, 7) is 20.2. The van der Waals surface area contributed by atoms with E-state index in [1.54, 1.807) is 11.3 Å². The summed E-state index contributed by atoms with van der Waals surface area (Å²) in [4.78, 5) is 9.79. The van der Waals surface area contributed by atoms with Crippen molar-refractivity contribution in [1.82, 2.24) is 14.5 Å². The molecule has 0 bridgehead atoms. The van der Waals surface area contributed by atoms with Crippen LogP contribution in [0.4, 0.5) is 0 Å². The molecule has 0 saturated carbocycles. The second-order valence-electron chi connectivity index (χ2n) is 16.4. The Labute approximate surface area is 351 Å². The van der Waals surface area contributed by atoms with Crippen molar-refractivity contribution in [1.29, 1.82) is 0 Å². The minimum absolute atomic E-state index is 0. The van der Waals surface area contributed by atoms with Crippen LogP contribution in [0.1, 0.15) is 82.2 Å². The van der Waals surface area contributed by atoms with Crippen molar-refractivity contribution < 1.29 is 20.1 Å². The Kier molecular flexibility index (Phi) is 12.6. The number of fused-ring (bicyclic) bond motifs is 2. The number of hydrogen-bond acceptors (Lipinski definition) is 3. The van der Waals surface area contributed by atoms with Crippen LogP contribution in [-0.4, -0.2) is 14.5 Å². The van der Waals surface area contributed by atoms with Crippen LogP contribution in [0.25, 0.3) is 60.6 Å². The molecule has 56 heavy (non-hydrogen) atoms. The van der Waals surface area contributed by atoms with Gasteiger partial charge < -0.3 is 9.55 Å². The van der Waals surface area contributed by atoms with Gasteiger partial charge in [-0.2, -0.15) is 0 Å². The van der Waals surface area contributed by atoms with Gasteiger partial charge >= 0.3 is 0 Å². The number of aryl methyl sites for hydroxylation is 2. The molecule has 8 rings (SSSR count). The molecule has 0 atom stereocenters. The van der Waals surface area contributed by atoms with E-state index in [0.717, 1.165) is 45.8 Å². The Morgan fingerprint density at radius 3 is 2.14 bits per heavy atom. The fourth-order valence-corrected chi connectivity index (χ4v) is 8.40. The Morgan fingerprint density at radius 2 is 1.48 bits per heavy atom. The zero-order valence-corrected chi connectivity index (χ0v) is 37.2. The van der Waals surface area contributed by atoms with Gasteiger partial charge in [-0.3, -0.25) is 16.3 Å². The first-order valence-corrected chi connectivity index (χ1v) is 20.3. The molecule has 0 saturated heterocycles. The second-order valence-corrected chi connectivity index (χ2v) is 17.3. The largest absolute Gasteiger partial charge is 0.333 e. The average molecular weight is 930 g/mol. The molecule has 0 amide bonds. The van der Waals surface area contributed by atoms with Gasteiger partial charge in [-0.15, -0.1) is 47.3 Å². The molecule has 3 heterocycles. The number of aromatic nitrogens is 3. The molecule has 0 aliphatic heterocycles. The summed E-state index contributed by atoms with van der Waals surface area (Å²) in [7, 11) is 0. The number of nitrogens with zero attached hydrogens (tertiary/aromatic N) is 3. The molecular formula is C51H51IrN3S-2. The Bertz CT molecular complexity index is 2550. The maximum absolute atomic E-state index is 5.13. The third-order valence-corrected chi connectivity index (χ3v) is 11.1. The first kappa shape index (κ1) is 41.0. The van der Waals surface area contributed by atoms with Crippen LogP contribution in [0.3, 0.4) is 0 Å². The second kappa shape index (κ2) is 17.2. The van der Waals surface area contributed by atoms with Crippen LogP contribution in [0.5, 0.6) is 0 Å². The standard InChI is InChI=1S/C32H27N2S.C19H24N.Ir/c1-20(2)24-14-15-30-26(18-24)27(19-35-30)32-33-28-12-8-9-13-29(28)34(32)25-16-21(3)31(22(4)17-25)23-10-6-5-7-11-23;1-14(2)11-16-12-18(15-9-7-6-8-10-15)20-13-17(16)19(3,4)5;/h5-18,20H,1-4H3;6-9,12-14H,11H2,1-5H3;/q2*-1;. The first-order valence-electron chi connectivity index (χ1n) is 19.4. The summed E-state index contributed by atoms with van der Waals surface area (Å²) in [5, 5.41) is 4.82. The Hall–Kier alpha value is -4.67. The molecule has 287 valence electrons. The van der Waals surface area contributed by atoms with E-state index in [-0.39, 0.29) is 25.5 Å². The summed E-state index contributed by atoms with van der Waals surface area (Å²) in [5.74, 6) is 2.07. The molecule has 1 radical (unpaired) electrons. The van der Waals surface area contributed by atoms with Crippen molar-refractivity contribution in [3.8, 4) is 39.5 Å². The molecule has 0 spiro atoms. The van der Waals surface area contributed by atoms with Gasteiger partial charge in [0.15, 0.2) is 0 Å². The maximum atomic E-state index is 5.13. The summed E-state index contributed by atoms with van der Waals surface area (Å²) in [6.07, 6.45) is 3.14. The van der Waals surface area contributed by atoms with Gasteiger partial charge in [0.2, 0.25) is 0 Å². The van der Waals surface area contributed by atoms with E-state index >= 15 is 0 Å². The molecule has 5 heteroatoms. The zero-order chi connectivity index (χ0) is 38.9. The molecule has 3 nitrogen and oxygen atoms in total. The predicted molar refractivity (Wildman–Crippen MR) is 235 cm³/mol. The van der Waals surface area contributed by atoms with E-state index in [2.05, 4.69) is 180 Å². The number of thiophene rings is 1. The number of imidazole rings is 1. The third-order valence-electron chi connectivity index (χ3n) is 10.2. The molecule has 5 aromatic carbocycles. The average Bonchev–Trinajstić information content (AvgIpc) is 3.76. The summed E-state index contributed by atoms with van der Waals surface area (Å²) in [5.41, 5.74) is 15.7. The molecule has 3 aromatic heterocycles. The molecule has 0 unspecified atom stereocenters. The summed E-state index contributed by atoms with van der Waals surface area (Å²) in [6, 6.07) is 44.0. The van der Waals surface area contributed by atoms with Crippen molar-refractivity contribution in [2.45, 2.75) is 80.1 Å². The van der Waals surface area contributed by atoms with E-state index in [4.69, 9.17) is 4.98 Å². The summed E-state index contributed by atoms with van der Waals surface area (Å²) >= 11 is 1.67. The predicted octanol–water partition coefficient (Wildman–Crippen LogP) is 14.2. The van der Waals surface area contributed by atoms with Crippen molar-refractivity contribution in [2.75, 3.05) is 0 Å². The van der Waals surface area contributed by atoms with Gasteiger partial charge in [0.05, 0.1) is 16.9 Å². The normalized spacial score (nSPS) is 11.6. The summed E-state index contributed by atoms with van der Waals surface area (Å²) < 4.78 is 3.55. The molecular weight excluding hydrogens is 879 g/mol. The third kappa shape index (κ3) is 8.66. The fraction of sp³-hybridized carbons (Fsp3) is 0.255. The molecule has 0 fully saturated rings. The molecule has 0 aliphatic rings. The molecule has 8 aromatic rings. The van der Waals surface area contributed by atoms with Crippen LogP contribution in [0, 0.1) is 31.2 Å². The first-order chi connectivity index (χ1) is 26.4. The van der Waals surface area contributed by atoms with Crippen LogP contribution in [0.2, 0.25) is 0 Å². The quantitative estimate of drug-likeness (QED) is 0.149. The van der Waals surface area contributed by atoms with Crippen molar-refractivity contribution in [3.05, 3.63) is 161 Å². The van der Waals surface area contributed by atoms with Gasteiger partial charge in [0, 0.05) is 32.0 Å². The van der Waals surface area contributed by atoms with Gasteiger partial charge in [-0.25, -0.2) is 0 Å². The Balaban J connectivity index is 0.000000217. The smallest absolute Gasteiger partial charge is 0.0774 e. The van der Waals surface area contributed by atoms with E-state index in [0.29, 0.717) is 11.8 Å². The van der Waals surface area contributed by atoms with Crippen LogP contribution < -0.4 is 0 Å². The van der Waals surface area contributed by atoms with Crippen LogP contribution in [-0.2, 0) is 31.9 Å². The van der Waals surface area contributed by atoms with E-state index in [9.17, 15) is 0 Å². The number of pyridine rings is 1. The fourth-order valence-electron chi connectivity index (χ4n) is 7.58. The minimum atomic E-state index is 0. The molecule has 0 aliphatic carbocycles. The van der Waals surface area contributed by atoms with Crippen LogP contribution >= 0.6 is 11.3 Å². The number of hydrogen-bond donors (Lipinski definition) is 0. The molecule has 0 N–H and O–H groups in total. The van der Waals surface area contributed by atoms with Crippen molar-refractivity contribution in [3.63, 3.8) is 0 Å². The van der Waals surface area contributed by atoms with Gasteiger partial charge in [-0.05, 0) is 101 Å². The number of para-hydroxylation sites is 2. The van der Waals surface area contributed by atoms with Gasteiger partial charge in [0.1, 0.15) is 0 Å². The number of rotatable bonds is 7. The van der Waals surface area contributed by atoms with Gasteiger partial charge in [0.25, 0.3) is 0 Å².